The van der Waals surface area contributed by atoms with Crippen molar-refractivity contribution >= 4 is 11.6 Å². The van der Waals surface area contributed by atoms with E-state index in [9.17, 15) is 4.79 Å². The molecule has 128 valence electrons. The zero-order chi connectivity index (χ0) is 17.1. The van der Waals surface area contributed by atoms with Crippen LogP contribution in [0.25, 0.3) is 5.65 Å². The smallest absolute Gasteiger partial charge is 0.274 e. The van der Waals surface area contributed by atoms with Gasteiger partial charge in [-0.25, -0.2) is 4.98 Å². The Morgan fingerprint density at radius 2 is 2.00 bits per heavy atom. The third-order valence-corrected chi connectivity index (χ3v) is 5.54. The molecule has 0 N–H and O–H groups in total. The average molecular weight is 336 g/mol. The van der Waals surface area contributed by atoms with Gasteiger partial charge in [0.25, 0.3) is 5.91 Å². The van der Waals surface area contributed by atoms with Gasteiger partial charge >= 0.3 is 0 Å². The number of carbonyl (C=O) groups is 1. The van der Waals surface area contributed by atoms with Crippen molar-refractivity contribution < 1.29 is 4.79 Å². The monoisotopic (exact) mass is 336 g/mol. The van der Waals surface area contributed by atoms with Gasteiger partial charge in [0.15, 0.2) is 5.65 Å². The zero-order valence-corrected chi connectivity index (χ0v) is 14.3. The number of hydrogen-bond acceptors (Lipinski definition) is 4. The molecule has 0 aromatic carbocycles. The van der Waals surface area contributed by atoms with E-state index in [1.165, 1.54) is 0 Å². The van der Waals surface area contributed by atoms with Crippen LogP contribution in [0.1, 0.15) is 42.1 Å². The third kappa shape index (κ3) is 2.18. The van der Waals surface area contributed by atoms with E-state index < -0.39 is 0 Å². The third-order valence-electron chi connectivity index (χ3n) is 5.54. The summed E-state index contributed by atoms with van der Waals surface area (Å²) in [6.45, 7) is 5.72. The number of amides is 1. The van der Waals surface area contributed by atoms with Crippen molar-refractivity contribution in [1.82, 2.24) is 29.0 Å². The Labute approximate surface area is 145 Å². The molecule has 2 unspecified atom stereocenters. The lowest BCUT2D eigenvalue weighted by Crippen LogP contribution is -2.31. The first-order valence-corrected chi connectivity index (χ1v) is 8.76. The van der Waals surface area contributed by atoms with E-state index in [0.717, 1.165) is 24.6 Å². The molecule has 0 bridgehead atoms. The van der Waals surface area contributed by atoms with E-state index in [0.29, 0.717) is 29.5 Å². The minimum absolute atomic E-state index is 0.0384. The highest BCUT2D eigenvalue weighted by molar-refractivity contribution is 5.92. The quantitative estimate of drug-likeness (QED) is 0.733. The summed E-state index contributed by atoms with van der Waals surface area (Å²) in [5.41, 5.74) is 1.43. The van der Waals surface area contributed by atoms with Crippen molar-refractivity contribution in [2.45, 2.75) is 25.8 Å². The number of piperidine rings is 1. The van der Waals surface area contributed by atoms with Crippen LogP contribution in [-0.2, 0) is 0 Å². The van der Waals surface area contributed by atoms with Gasteiger partial charge in [-0.15, -0.1) is 10.2 Å². The topological polar surface area (TPSA) is 68.3 Å². The molecular formula is C18H20N6O. The number of pyridine rings is 1. The number of fused-ring (bicyclic) bond motifs is 2. The van der Waals surface area contributed by atoms with E-state index >= 15 is 0 Å². The van der Waals surface area contributed by atoms with Gasteiger partial charge in [-0.3, -0.25) is 9.20 Å². The summed E-state index contributed by atoms with van der Waals surface area (Å²) in [5, 5.41) is 8.63. The predicted octanol–water partition coefficient (Wildman–Crippen LogP) is 1.99. The molecule has 25 heavy (non-hydrogen) atoms. The van der Waals surface area contributed by atoms with E-state index in [1.807, 2.05) is 40.1 Å². The van der Waals surface area contributed by atoms with Crippen LogP contribution in [0, 0.1) is 11.8 Å². The Morgan fingerprint density at radius 3 is 2.72 bits per heavy atom. The molecule has 0 radical (unpaired) electrons. The summed E-state index contributed by atoms with van der Waals surface area (Å²) >= 11 is 0. The maximum Gasteiger partial charge on any atom is 0.274 e. The molecule has 1 saturated heterocycles. The Balaban J connectivity index is 1.31. The summed E-state index contributed by atoms with van der Waals surface area (Å²) in [7, 11) is 0. The molecular weight excluding hydrogens is 316 g/mol. The van der Waals surface area contributed by atoms with Crippen LogP contribution in [-0.4, -0.2) is 48.0 Å². The summed E-state index contributed by atoms with van der Waals surface area (Å²) in [5.74, 6) is 2.46. The highest BCUT2D eigenvalue weighted by Gasteiger charge is 2.59. The van der Waals surface area contributed by atoms with Crippen molar-refractivity contribution in [3.8, 4) is 0 Å². The second-order valence-corrected chi connectivity index (χ2v) is 7.35. The van der Waals surface area contributed by atoms with Gasteiger partial charge < -0.3 is 9.47 Å². The second kappa shape index (κ2) is 5.15. The number of hydrogen-bond donors (Lipinski definition) is 0. The zero-order valence-electron chi connectivity index (χ0n) is 14.3. The molecule has 2 aliphatic rings. The van der Waals surface area contributed by atoms with Gasteiger partial charge in [0, 0.05) is 37.4 Å². The summed E-state index contributed by atoms with van der Waals surface area (Å²) in [6.07, 6.45) is 5.60. The highest BCUT2D eigenvalue weighted by Crippen LogP contribution is 2.57. The van der Waals surface area contributed by atoms with Crippen molar-refractivity contribution in [3.05, 3.63) is 48.4 Å². The number of nitrogens with zero attached hydrogens (tertiary/aromatic N) is 6. The summed E-state index contributed by atoms with van der Waals surface area (Å²) in [4.78, 5) is 18.9. The van der Waals surface area contributed by atoms with E-state index in [4.69, 9.17) is 0 Å². The number of carbonyl (C=O) groups excluding carboxylic acids is 1. The summed E-state index contributed by atoms with van der Waals surface area (Å²) < 4.78 is 4.04. The van der Waals surface area contributed by atoms with Crippen molar-refractivity contribution in [3.63, 3.8) is 0 Å². The molecule has 1 aliphatic heterocycles. The number of rotatable bonds is 3. The Kier molecular flexibility index (Phi) is 3.01. The first kappa shape index (κ1) is 14.6. The van der Waals surface area contributed by atoms with E-state index in [-0.39, 0.29) is 5.91 Å². The molecule has 3 aromatic rings. The van der Waals surface area contributed by atoms with Gasteiger partial charge in [0.2, 0.25) is 0 Å². The average Bonchev–Trinajstić information content (AvgIpc) is 3.11. The highest BCUT2D eigenvalue weighted by atomic mass is 16.2. The van der Waals surface area contributed by atoms with Crippen LogP contribution >= 0.6 is 0 Å². The normalized spacial score (nSPS) is 24.9. The second-order valence-electron chi connectivity index (χ2n) is 7.35. The van der Waals surface area contributed by atoms with Crippen molar-refractivity contribution in [1.29, 1.82) is 0 Å². The van der Waals surface area contributed by atoms with Crippen LogP contribution < -0.4 is 0 Å². The molecule has 4 heterocycles. The van der Waals surface area contributed by atoms with Crippen LogP contribution in [0.15, 0.2) is 36.9 Å². The molecule has 7 heteroatoms. The van der Waals surface area contributed by atoms with Crippen LogP contribution in [0.4, 0.5) is 0 Å². The van der Waals surface area contributed by atoms with Crippen LogP contribution in [0.2, 0.25) is 0 Å². The lowest BCUT2D eigenvalue weighted by atomic mass is 10.2. The molecule has 2 atom stereocenters. The van der Waals surface area contributed by atoms with Crippen LogP contribution in [0.3, 0.4) is 0 Å². The van der Waals surface area contributed by atoms with E-state index in [2.05, 4.69) is 33.4 Å². The molecule has 3 aromatic heterocycles. The lowest BCUT2D eigenvalue weighted by Gasteiger charge is -2.18. The Morgan fingerprint density at radius 1 is 1.20 bits per heavy atom. The molecule has 1 aliphatic carbocycles. The Bertz CT molecular complexity index is 945. The fourth-order valence-electron chi connectivity index (χ4n) is 4.05. The van der Waals surface area contributed by atoms with Crippen molar-refractivity contribution in [2.24, 2.45) is 11.8 Å². The van der Waals surface area contributed by atoms with Gasteiger partial charge in [-0.05, 0) is 37.8 Å². The SMILES string of the molecule is CC(C)n1cnc(C(=O)N2CC3C(C2)C3c2nnc3ccccn23)c1. The minimum Gasteiger partial charge on any atom is -0.337 e. The number of imidazole rings is 1. The minimum atomic E-state index is 0.0384. The van der Waals surface area contributed by atoms with Crippen LogP contribution in [0.5, 0.6) is 0 Å². The lowest BCUT2D eigenvalue weighted by molar-refractivity contribution is 0.0767. The van der Waals surface area contributed by atoms with E-state index in [1.54, 1.807) is 6.33 Å². The molecule has 2 fully saturated rings. The Hall–Kier alpha value is -2.70. The summed E-state index contributed by atoms with van der Waals surface area (Å²) in [6, 6.07) is 6.25. The standard InChI is InChI=1S/C18H20N6O/c1-11(2)23-9-14(19-10-23)18(25)22-7-12-13(8-22)16(12)17-21-20-15-5-3-4-6-24(15)17/h3-6,9-13,16H,7-8H2,1-2H3. The first-order valence-electron chi connectivity index (χ1n) is 8.76. The van der Waals surface area contributed by atoms with Gasteiger partial charge in [0.1, 0.15) is 11.5 Å². The number of likely N-dealkylation sites (tertiary alicyclic amines) is 1. The van der Waals surface area contributed by atoms with Gasteiger partial charge in [0.05, 0.1) is 6.33 Å². The van der Waals surface area contributed by atoms with Gasteiger partial charge in [-0.2, -0.15) is 0 Å². The molecule has 7 nitrogen and oxygen atoms in total. The number of aromatic nitrogens is 5. The molecule has 0 spiro atoms. The first-order chi connectivity index (χ1) is 12.1. The fraction of sp³-hybridized carbons (Fsp3) is 0.444. The largest absolute Gasteiger partial charge is 0.337 e. The fourth-order valence-corrected chi connectivity index (χ4v) is 4.05. The maximum absolute atomic E-state index is 12.7. The molecule has 1 amide bonds. The molecule has 1 saturated carbocycles. The maximum atomic E-state index is 12.7. The van der Waals surface area contributed by atoms with Crippen molar-refractivity contribution in [2.75, 3.05) is 13.1 Å². The van der Waals surface area contributed by atoms with Gasteiger partial charge in [-0.1, -0.05) is 6.07 Å². The predicted molar refractivity (Wildman–Crippen MR) is 91.2 cm³/mol. The molecule has 5 rings (SSSR count).